The van der Waals surface area contributed by atoms with Crippen LogP contribution in [0.15, 0.2) is 46.9 Å². The van der Waals surface area contributed by atoms with E-state index < -0.39 is 0 Å². The Kier molecular flexibility index (Phi) is 5.65. The molecule has 0 fully saturated rings. The maximum Gasteiger partial charge on any atom is 0.226 e. The third-order valence-corrected chi connectivity index (χ3v) is 3.76. The lowest BCUT2D eigenvalue weighted by atomic mass is 10.2. The van der Waals surface area contributed by atoms with Crippen LogP contribution < -0.4 is 10.6 Å². The van der Waals surface area contributed by atoms with Gasteiger partial charge in [-0.05, 0) is 48.9 Å². The first-order chi connectivity index (χ1) is 10.0. The molecule has 110 valence electrons. The van der Waals surface area contributed by atoms with Crippen LogP contribution in [0.4, 0.5) is 11.4 Å². The summed E-state index contributed by atoms with van der Waals surface area (Å²) in [5.74, 6) is -0.0236. The summed E-state index contributed by atoms with van der Waals surface area (Å²) in [5, 5.41) is 6.77. The van der Waals surface area contributed by atoms with E-state index >= 15 is 0 Å². The molecule has 0 aliphatic heterocycles. The number of nitrogens with one attached hydrogen (secondary N) is 2. The van der Waals surface area contributed by atoms with E-state index in [4.69, 9.17) is 11.6 Å². The Labute approximate surface area is 137 Å². The lowest BCUT2D eigenvalue weighted by Crippen LogP contribution is -2.16. The minimum atomic E-state index is -0.0236. The molecule has 0 heterocycles. The molecular weight excluding hydrogens is 352 g/mol. The molecule has 0 saturated heterocycles. The van der Waals surface area contributed by atoms with Gasteiger partial charge in [-0.2, -0.15) is 0 Å². The number of amides is 1. The van der Waals surface area contributed by atoms with Crippen LogP contribution in [-0.2, 0) is 4.79 Å². The summed E-state index contributed by atoms with van der Waals surface area (Å²) in [7, 11) is 0. The number of aryl methyl sites for hydroxylation is 1. The predicted molar refractivity (Wildman–Crippen MR) is 92.1 cm³/mol. The molecular formula is C16H16BrClN2O. The van der Waals surface area contributed by atoms with E-state index in [9.17, 15) is 4.79 Å². The Bertz CT molecular complexity index is 629. The molecule has 3 nitrogen and oxygen atoms in total. The summed E-state index contributed by atoms with van der Waals surface area (Å²) < 4.78 is 0.985. The van der Waals surface area contributed by atoms with Gasteiger partial charge in [0.05, 0.1) is 0 Å². The summed E-state index contributed by atoms with van der Waals surface area (Å²) in [4.78, 5) is 11.9. The zero-order chi connectivity index (χ0) is 15.2. The molecule has 5 heteroatoms. The van der Waals surface area contributed by atoms with Crippen molar-refractivity contribution >= 4 is 44.8 Å². The van der Waals surface area contributed by atoms with Crippen LogP contribution in [0.3, 0.4) is 0 Å². The highest BCUT2D eigenvalue weighted by Gasteiger charge is 2.04. The zero-order valence-corrected chi connectivity index (χ0v) is 14.0. The second-order valence-electron chi connectivity index (χ2n) is 4.69. The lowest BCUT2D eigenvalue weighted by Gasteiger charge is -2.10. The summed E-state index contributed by atoms with van der Waals surface area (Å²) in [6.07, 6.45) is 0.391. The first-order valence-corrected chi connectivity index (χ1v) is 7.77. The van der Waals surface area contributed by atoms with E-state index in [1.54, 1.807) is 0 Å². The Morgan fingerprint density at radius 3 is 2.62 bits per heavy atom. The largest absolute Gasteiger partial charge is 0.384 e. The Balaban J connectivity index is 1.81. The van der Waals surface area contributed by atoms with Gasteiger partial charge >= 0.3 is 0 Å². The highest BCUT2D eigenvalue weighted by Crippen LogP contribution is 2.20. The Morgan fingerprint density at radius 2 is 1.90 bits per heavy atom. The van der Waals surface area contributed by atoms with Crippen LogP contribution >= 0.6 is 27.5 Å². The fourth-order valence-corrected chi connectivity index (χ4v) is 2.29. The standard InChI is InChI=1S/C16H16BrClN2O/c1-11-2-5-13(18)10-15(11)19-9-8-16(21)20-14-6-3-12(17)4-7-14/h2-7,10,19H,8-9H2,1H3,(H,20,21). The van der Waals surface area contributed by atoms with Crippen molar-refractivity contribution in [2.45, 2.75) is 13.3 Å². The normalized spacial score (nSPS) is 10.2. The molecule has 0 unspecified atom stereocenters. The molecule has 2 aromatic rings. The first-order valence-electron chi connectivity index (χ1n) is 6.60. The highest BCUT2D eigenvalue weighted by molar-refractivity contribution is 9.10. The lowest BCUT2D eigenvalue weighted by molar-refractivity contribution is -0.115. The van der Waals surface area contributed by atoms with Crippen molar-refractivity contribution in [1.29, 1.82) is 0 Å². The van der Waals surface area contributed by atoms with Gasteiger partial charge in [0.25, 0.3) is 0 Å². The number of anilines is 2. The van der Waals surface area contributed by atoms with Crippen LogP contribution in [0.25, 0.3) is 0 Å². The van der Waals surface area contributed by atoms with Crippen LogP contribution in [0.5, 0.6) is 0 Å². The van der Waals surface area contributed by atoms with Gasteiger partial charge in [0.1, 0.15) is 0 Å². The van der Waals surface area contributed by atoms with Crippen LogP contribution in [0, 0.1) is 6.92 Å². The van der Waals surface area contributed by atoms with E-state index in [0.717, 1.165) is 21.4 Å². The van der Waals surface area contributed by atoms with E-state index in [1.807, 2.05) is 49.4 Å². The molecule has 2 aromatic carbocycles. The molecule has 0 bridgehead atoms. The number of halogens is 2. The predicted octanol–water partition coefficient (Wildman–Crippen LogP) is 4.85. The SMILES string of the molecule is Cc1ccc(Cl)cc1NCCC(=O)Nc1ccc(Br)cc1. The second kappa shape index (κ2) is 7.48. The van der Waals surface area contributed by atoms with Crippen molar-refractivity contribution < 1.29 is 4.79 Å². The molecule has 0 saturated carbocycles. The van der Waals surface area contributed by atoms with Crippen molar-refractivity contribution in [1.82, 2.24) is 0 Å². The smallest absolute Gasteiger partial charge is 0.226 e. The first kappa shape index (κ1) is 15.9. The van der Waals surface area contributed by atoms with E-state index in [1.165, 1.54) is 0 Å². The minimum Gasteiger partial charge on any atom is -0.384 e. The van der Waals surface area contributed by atoms with Crippen LogP contribution in [0.2, 0.25) is 5.02 Å². The molecule has 0 radical (unpaired) electrons. The maximum absolute atomic E-state index is 11.9. The number of carbonyl (C=O) groups is 1. The molecule has 0 aromatic heterocycles. The van der Waals surface area contributed by atoms with Crippen molar-refractivity contribution in [2.75, 3.05) is 17.2 Å². The van der Waals surface area contributed by atoms with Gasteiger partial charge in [-0.15, -0.1) is 0 Å². The topological polar surface area (TPSA) is 41.1 Å². The fraction of sp³-hybridized carbons (Fsp3) is 0.188. The Hall–Kier alpha value is -1.52. The number of carbonyl (C=O) groups excluding carboxylic acids is 1. The number of hydrogen-bond acceptors (Lipinski definition) is 2. The molecule has 21 heavy (non-hydrogen) atoms. The van der Waals surface area contributed by atoms with Crippen molar-refractivity contribution in [3.8, 4) is 0 Å². The van der Waals surface area contributed by atoms with Gasteiger partial charge in [-0.3, -0.25) is 4.79 Å². The molecule has 0 aliphatic rings. The summed E-state index contributed by atoms with van der Waals surface area (Å²) in [6, 6.07) is 13.2. The summed E-state index contributed by atoms with van der Waals surface area (Å²) >= 11 is 9.31. The average molecular weight is 368 g/mol. The maximum atomic E-state index is 11.9. The van der Waals surface area contributed by atoms with Gasteiger partial charge in [0.15, 0.2) is 0 Å². The van der Waals surface area contributed by atoms with Crippen molar-refractivity contribution in [2.24, 2.45) is 0 Å². The summed E-state index contributed by atoms with van der Waals surface area (Å²) in [5.41, 5.74) is 2.86. The van der Waals surface area contributed by atoms with Gasteiger partial charge in [-0.25, -0.2) is 0 Å². The molecule has 0 spiro atoms. The van der Waals surface area contributed by atoms with Gasteiger partial charge in [0.2, 0.25) is 5.91 Å². The third-order valence-electron chi connectivity index (χ3n) is 3.00. The zero-order valence-electron chi connectivity index (χ0n) is 11.6. The van der Waals surface area contributed by atoms with E-state index in [2.05, 4.69) is 26.6 Å². The minimum absolute atomic E-state index is 0.0236. The molecule has 0 aliphatic carbocycles. The van der Waals surface area contributed by atoms with E-state index in [0.29, 0.717) is 18.0 Å². The third kappa shape index (κ3) is 5.06. The van der Waals surface area contributed by atoms with Crippen LogP contribution in [-0.4, -0.2) is 12.5 Å². The van der Waals surface area contributed by atoms with E-state index in [-0.39, 0.29) is 5.91 Å². The van der Waals surface area contributed by atoms with Gasteiger partial charge < -0.3 is 10.6 Å². The van der Waals surface area contributed by atoms with Crippen molar-refractivity contribution in [3.05, 3.63) is 57.5 Å². The molecule has 2 N–H and O–H groups in total. The molecule has 2 rings (SSSR count). The van der Waals surface area contributed by atoms with Gasteiger partial charge in [-0.1, -0.05) is 33.6 Å². The number of rotatable bonds is 5. The van der Waals surface area contributed by atoms with Gasteiger partial charge in [0, 0.05) is 33.8 Å². The molecule has 1 amide bonds. The fourth-order valence-electron chi connectivity index (χ4n) is 1.85. The summed E-state index contributed by atoms with van der Waals surface area (Å²) in [6.45, 7) is 2.56. The molecule has 0 atom stereocenters. The van der Waals surface area contributed by atoms with Crippen LogP contribution in [0.1, 0.15) is 12.0 Å². The van der Waals surface area contributed by atoms with Crippen molar-refractivity contribution in [3.63, 3.8) is 0 Å². The highest BCUT2D eigenvalue weighted by atomic mass is 79.9. The second-order valence-corrected chi connectivity index (χ2v) is 6.04. The monoisotopic (exact) mass is 366 g/mol. The quantitative estimate of drug-likeness (QED) is 0.793. The number of benzene rings is 2. The average Bonchev–Trinajstić information content (AvgIpc) is 2.45. The Morgan fingerprint density at radius 1 is 1.19 bits per heavy atom. The number of hydrogen-bond donors (Lipinski definition) is 2.